The second-order valence-electron chi connectivity index (χ2n) is 4.43. The molecule has 1 heterocycles. The van der Waals surface area contributed by atoms with Crippen LogP contribution in [0.15, 0.2) is 47.2 Å². The van der Waals surface area contributed by atoms with Gasteiger partial charge in [0.15, 0.2) is 0 Å². The van der Waals surface area contributed by atoms with Crippen LogP contribution in [0.1, 0.15) is 11.1 Å². The highest BCUT2D eigenvalue weighted by Gasteiger charge is 2.01. The fourth-order valence-corrected chi connectivity index (χ4v) is 1.91. The maximum Gasteiger partial charge on any atom is 0.248 e. The maximum atomic E-state index is 11.8. The molecule has 108 valence electrons. The Morgan fingerprint density at radius 2 is 2.05 bits per heavy atom. The number of nitrogens with zero attached hydrogens (tertiary/aromatic N) is 1. The van der Waals surface area contributed by atoms with Crippen molar-refractivity contribution < 1.29 is 9.53 Å². The van der Waals surface area contributed by atoms with Crippen LogP contribution < -0.4 is 10.1 Å². The lowest BCUT2D eigenvalue weighted by Gasteiger charge is -2.04. The topological polar surface area (TPSA) is 51.2 Å². The lowest BCUT2D eigenvalue weighted by Crippen LogP contribution is -2.08. The van der Waals surface area contributed by atoms with Gasteiger partial charge < -0.3 is 10.1 Å². The summed E-state index contributed by atoms with van der Waals surface area (Å²) in [5.41, 5.74) is 2.56. The molecule has 0 unspecified atom stereocenters. The van der Waals surface area contributed by atoms with Crippen molar-refractivity contribution in [2.24, 2.45) is 0 Å². The van der Waals surface area contributed by atoms with Gasteiger partial charge in [-0.1, -0.05) is 12.1 Å². The first kappa shape index (κ1) is 15.3. The zero-order valence-electron chi connectivity index (χ0n) is 11.8. The molecule has 0 atom stereocenters. The minimum Gasteiger partial charge on any atom is -0.497 e. The van der Waals surface area contributed by atoms with Crippen molar-refractivity contribution in [2.75, 3.05) is 12.4 Å². The number of ether oxygens (including phenoxy) is 1. The van der Waals surface area contributed by atoms with Gasteiger partial charge in [-0.25, -0.2) is 4.98 Å². The molecule has 4 nitrogen and oxygen atoms in total. The van der Waals surface area contributed by atoms with Crippen molar-refractivity contribution in [2.45, 2.75) is 6.92 Å². The zero-order valence-corrected chi connectivity index (χ0v) is 13.3. The molecule has 1 amide bonds. The lowest BCUT2D eigenvalue weighted by molar-refractivity contribution is -0.111. The third kappa shape index (κ3) is 4.43. The summed E-state index contributed by atoms with van der Waals surface area (Å²) in [6.07, 6.45) is 4.84. The summed E-state index contributed by atoms with van der Waals surface area (Å²) >= 11 is 3.32. The molecule has 0 saturated carbocycles. The van der Waals surface area contributed by atoms with Crippen molar-refractivity contribution >= 4 is 33.6 Å². The number of pyridine rings is 1. The minimum atomic E-state index is -0.200. The van der Waals surface area contributed by atoms with E-state index in [1.807, 2.05) is 37.3 Å². The molecule has 0 aliphatic heterocycles. The highest BCUT2D eigenvalue weighted by atomic mass is 79.9. The number of carbonyl (C=O) groups excluding carboxylic acids is 1. The predicted octanol–water partition coefficient (Wildman–Crippen LogP) is 3.81. The number of rotatable bonds is 4. The van der Waals surface area contributed by atoms with Crippen molar-refractivity contribution in [3.8, 4) is 5.75 Å². The number of methoxy groups -OCH3 is 1. The van der Waals surface area contributed by atoms with Crippen LogP contribution in [0.5, 0.6) is 5.75 Å². The SMILES string of the molecule is COc1ccc(/C=C/C(=O)Nc2cnc(Br)c(C)c2)cc1. The van der Waals surface area contributed by atoms with Crippen molar-refractivity contribution in [3.63, 3.8) is 0 Å². The molecule has 2 rings (SSSR count). The average molecular weight is 347 g/mol. The first-order chi connectivity index (χ1) is 10.1. The first-order valence-electron chi connectivity index (χ1n) is 6.34. The van der Waals surface area contributed by atoms with Gasteiger partial charge in [0, 0.05) is 6.08 Å². The van der Waals surface area contributed by atoms with Crippen molar-refractivity contribution in [1.82, 2.24) is 4.98 Å². The van der Waals surface area contributed by atoms with E-state index < -0.39 is 0 Å². The van der Waals surface area contributed by atoms with Crippen LogP contribution in [0.25, 0.3) is 6.08 Å². The largest absolute Gasteiger partial charge is 0.497 e. The molecule has 0 fully saturated rings. The number of carbonyl (C=O) groups is 1. The van der Waals surface area contributed by atoms with E-state index in [2.05, 4.69) is 26.2 Å². The molecule has 5 heteroatoms. The Morgan fingerprint density at radius 1 is 1.33 bits per heavy atom. The molecule has 1 N–H and O–H groups in total. The highest BCUT2D eigenvalue weighted by molar-refractivity contribution is 9.10. The van der Waals surface area contributed by atoms with Crippen LogP contribution in [0.3, 0.4) is 0 Å². The van der Waals surface area contributed by atoms with E-state index >= 15 is 0 Å². The molecular weight excluding hydrogens is 332 g/mol. The standard InChI is InChI=1S/C16H15BrN2O2/c1-11-9-13(10-18-16(11)17)19-15(20)8-5-12-3-6-14(21-2)7-4-12/h3-10H,1-2H3,(H,19,20)/b8-5+. The smallest absolute Gasteiger partial charge is 0.248 e. The number of halogens is 1. The molecule has 21 heavy (non-hydrogen) atoms. The quantitative estimate of drug-likeness (QED) is 0.676. The Bertz CT molecular complexity index is 666. The number of hydrogen-bond acceptors (Lipinski definition) is 3. The predicted molar refractivity (Wildman–Crippen MR) is 87.3 cm³/mol. The molecule has 0 aliphatic rings. The van der Waals surface area contributed by atoms with Crippen molar-refractivity contribution in [3.05, 3.63) is 58.3 Å². The Morgan fingerprint density at radius 3 is 2.67 bits per heavy atom. The van der Waals surface area contributed by atoms with Crippen molar-refractivity contribution in [1.29, 1.82) is 0 Å². The number of aryl methyl sites for hydroxylation is 1. The number of aromatic nitrogens is 1. The molecule has 0 radical (unpaired) electrons. The fraction of sp³-hybridized carbons (Fsp3) is 0.125. The number of benzene rings is 1. The van der Waals surface area contributed by atoms with Gasteiger partial charge in [-0.3, -0.25) is 4.79 Å². The first-order valence-corrected chi connectivity index (χ1v) is 7.13. The molecule has 2 aromatic rings. The van der Waals surface area contributed by atoms with Gasteiger partial charge in [0.1, 0.15) is 10.4 Å². The molecule has 1 aromatic carbocycles. The summed E-state index contributed by atoms with van der Waals surface area (Å²) in [5.74, 6) is 0.586. The Kier molecular flexibility index (Phi) is 5.11. The van der Waals surface area contributed by atoms with Gasteiger partial charge in [-0.05, 0) is 58.3 Å². The Balaban J connectivity index is 1.99. The third-order valence-corrected chi connectivity index (χ3v) is 3.66. The van der Waals surface area contributed by atoms with Crippen LogP contribution in [-0.4, -0.2) is 18.0 Å². The van der Waals surface area contributed by atoms with Crippen LogP contribution in [0, 0.1) is 6.92 Å². The maximum absolute atomic E-state index is 11.8. The van der Waals surface area contributed by atoms with E-state index in [4.69, 9.17) is 4.74 Å². The second kappa shape index (κ2) is 7.04. The number of hydrogen-bond donors (Lipinski definition) is 1. The van der Waals surface area contributed by atoms with Crippen LogP contribution >= 0.6 is 15.9 Å². The third-order valence-electron chi connectivity index (χ3n) is 2.82. The van der Waals surface area contributed by atoms with E-state index in [9.17, 15) is 4.79 Å². The summed E-state index contributed by atoms with van der Waals surface area (Å²) < 4.78 is 5.85. The number of anilines is 1. The molecule has 0 spiro atoms. The lowest BCUT2D eigenvalue weighted by atomic mass is 10.2. The van der Waals surface area contributed by atoms with Crippen LogP contribution in [0.4, 0.5) is 5.69 Å². The van der Waals surface area contributed by atoms with Gasteiger partial charge in [0.25, 0.3) is 0 Å². The average Bonchev–Trinajstić information content (AvgIpc) is 2.49. The summed E-state index contributed by atoms with van der Waals surface area (Å²) in [6, 6.07) is 9.32. The van der Waals surface area contributed by atoms with Crippen LogP contribution in [0.2, 0.25) is 0 Å². The zero-order chi connectivity index (χ0) is 15.2. The van der Waals surface area contributed by atoms with E-state index in [1.54, 1.807) is 19.4 Å². The van der Waals surface area contributed by atoms with Gasteiger partial charge in [-0.15, -0.1) is 0 Å². The summed E-state index contributed by atoms with van der Waals surface area (Å²) in [7, 11) is 1.62. The van der Waals surface area contributed by atoms with Gasteiger partial charge in [0.05, 0.1) is 19.0 Å². The van der Waals surface area contributed by atoms with Crippen LogP contribution in [-0.2, 0) is 4.79 Å². The normalized spacial score (nSPS) is 10.6. The minimum absolute atomic E-state index is 0.200. The fourth-order valence-electron chi connectivity index (χ4n) is 1.70. The molecular formula is C16H15BrN2O2. The summed E-state index contributed by atoms with van der Waals surface area (Å²) in [6.45, 7) is 1.92. The molecule has 0 aliphatic carbocycles. The summed E-state index contributed by atoms with van der Waals surface area (Å²) in [5, 5.41) is 2.77. The Hall–Kier alpha value is -2.14. The Labute approximate surface area is 132 Å². The van der Waals surface area contributed by atoms with E-state index in [1.165, 1.54) is 6.08 Å². The van der Waals surface area contributed by atoms with E-state index in [-0.39, 0.29) is 5.91 Å². The monoisotopic (exact) mass is 346 g/mol. The number of nitrogens with one attached hydrogen (secondary N) is 1. The highest BCUT2D eigenvalue weighted by Crippen LogP contribution is 2.17. The van der Waals surface area contributed by atoms with E-state index in [0.717, 1.165) is 21.5 Å². The van der Waals surface area contributed by atoms with Gasteiger partial charge >= 0.3 is 0 Å². The summed E-state index contributed by atoms with van der Waals surface area (Å²) in [4.78, 5) is 16.0. The number of amides is 1. The van der Waals surface area contributed by atoms with E-state index in [0.29, 0.717) is 5.69 Å². The second-order valence-corrected chi connectivity index (χ2v) is 5.18. The van der Waals surface area contributed by atoms with Gasteiger partial charge in [-0.2, -0.15) is 0 Å². The van der Waals surface area contributed by atoms with Gasteiger partial charge in [0.2, 0.25) is 5.91 Å². The molecule has 0 bridgehead atoms. The molecule has 0 saturated heterocycles. The molecule has 1 aromatic heterocycles.